The van der Waals surface area contributed by atoms with Gasteiger partial charge in [0.2, 0.25) is 10.0 Å². The van der Waals surface area contributed by atoms with E-state index in [4.69, 9.17) is 0 Å². The normalized spacial score (nSPS) is 17.7. The number of hydrogen-bond donors (Lipinski definition) is 0. The van der Waals surface area contributed by atoms with E-state index in [-0.39, 0.29) is 0 Å². The van der Waals surface area contributed by atoms with Gasteiger partial charge in [-0.1, -0.05) is 71.4 Å². The highest BCUT2D eigenvalue weighted by atomic mass is 32.2. The first-order chi connectivity index (χ1) is 13.8. The van der Waals surface area contributed by atoms with Gasteiger partial charge in [-0.3, -0.25) is 0 Å². The minimum absolute atomic E-state index is 0.300. The lowest BCUT2D eigenvalue weighted by Crippen LogP contribution is -2.34. The molecular weight excluding hydrogens is 380 g/mol. The van der Waals surface area contributed by atoms with Crippen LogP contribution in [0, 0.1) is 0 Å². The summed E-state index contributed by atoms with van der Waals surface area (Å²) in [4.78, 5) is 2.48. The Bertz CT molecular complexity index is 720. The molecular formula is C24H42N2O2S. The van der Waals surface area contributed by atoms with E-state index < -0.39 is 10.0 Å². The smallest absolute Gasteiger partial charge is 0.243 e. The molecule has 0 saturated carbocycles. The van der Waals surface area contributed by atoms with Crippen molar-refractivity contribution in [2.75, 3.05) is 27.2 Å². The van der Waals surface area contributed by atoms with Crippen LogP contribution >= 0.6 is 0 Å². The molecule has 1 heterocycles. The van der Waals surface area contributed by atoms with Gasteiger partial charge in [0.1, 0.15) is 0 Å². The summed E-state index contributed by atoms with van der Waals surface area (Å²) in [6, 6.07) is 7.57. The Kier molecular flexibility index (Phi) is 13.8. The highest BCUT2D eigenvalue weighted by molar-refractivity contribution is 7.89. The summed E-state index contributed by atoms with van der Waals surface area (Å²) in [5.74, 6) is 0. The minimum atomic E-state index is -3.40. The lowest BCUT2D eigenvalue weighted by atomic mass is 10.0. The molecule has 1 aliphatic rings. The van der Waals surface area contributed by atoms with Gasteiger partial charge in [0.15, 0.2) is 0 Å². The van der Waals surface area contributed by atoms with Gasteiger partial charge in [-0.25, -0.2) is 8.42 Å². The molecule has 0 aliphatic carbocycles. The Hall–Kier alpha value is -1.43. The summed E-state index contributed by atoms with van der Waals surface area (Å²) < 4.78 is 27.2. The molecule has 1 saturated heterocycles. The van der Waals surface area contributed by atoms with Crippen LogP contribution in [0.3, 0.4) is 0 Å². The average Bonchev–Trinajstić information content (AvgIpc) is 3.23. The second kappa shape index (κ2) is 14.5. The lowest BCUT2D eigenvalue weighted by molar-refractivity contribution is 0.302. The molecule has 0 bridgehead atoms. The van der Waals surface area contributed by atoms with Gasteiger partial charge in [0.25, 0.3) is 0 Å². The summed E-state index contributed by atoms with van der Waals surface area (Å²) in [6.45, 7) is 13.5. The van der Waals surface area contributed by atoms with Crippen molar-refractivity contribution in [1.29, 1.82) is 0 Å². The zero-order valence-corrected chi connectivity index (χ0v) is 20.6. The second-order valence-corrected chi connectivity index (χ2v) is 9.01. The highest BCUT2D eigenvalue weighted by Gasteiger charge is 2.33. The quantitative estimate of drug-likeness (QED) is 0.542. The van der Waals surface area contributed by atoms with Crippen LogP contribution in [0.15, 0.2) is 47.4 Å². The fourth-order valence-electron chi connectivity index (χ4n) is 2.97. The summed E-state index contributed by atoms with van der Waals surface area (Å²) in [5, 5.41) is 0. The SMILES string of the molecule is C/C=C\C=C(/CC)c1ccc(S(=O)(=O)N2CCC(N(C)C)C2)cc1.CC.CCC. The molecule has 0 spiro atoms. The summed E-state index contributed by atoms with van der Waals surface area (Å²) in [5.41, 5.74) is 2.27. The molecule has 1 aliphatic heterocycles. The van der Waals surface area contributed by atoms with Gasteiger partial charge in [-0.05, 0) is 57.1 Å². The average molecular weight is 423 g/mol. The van der Waals surface area contributed by atoms with Crippen molar-refractivity contribution in [3.63, 3.8) is 0 Å². The molecule has 4 nitrogen and oxygen atoms in total. The first kappa shape index (κ1) is 27.6. The van der Waals surface area contributed by atoms with E-state index in [1.807, 2.05) is 59.2 Å². The van der Waals surface area contributed by atoms with Crippen molar-refractivity contribution in [3.8, 4) is 0 Å². The molecule has 2 rings (SSSR count). The van der Waals surface area contributed by atoms with Gasteiger partial charge in [-0.2, -0.15) is 4.31 Å². The van der Waals surface area contributed by atoms with Crippen LogP contribution in [0.4, 0.5) is 0 Å². The van der Waals surface area contributed by atoms with Crippen molar-refractivity contribution >= 4 is 15.6 Å². The first-order valence-electron chi connectivity index (χ1n) is 10.9. The van der Waals surface area contributed by atoms with E-state index in [1.54, 1.807) is 16.4 Å². The fraction of sp³-hybridized carbons (Fsp3) is 0.583. The third kappa shape index (κ3) is 8.45. The molecule has 29 heavy (non-hydrogen) atoms. The number of likely N-dealkylation sites (N-methyl/N-ethyl adjacent to an activating group) is 1. The van der Waals surface area contributed by atoms with Gasteiger partial charge >= 0.3 is 0 Å². The fourth-order valence-corrected chi connectivity index (χ4v) is 4.46. The van der Waals surface area contributed by atoms with E-state index >= 15 is 0 Å². The van der Waals surface area contributed by atoms with Crippen molar-refractivity contribution in [2.24, 2.45) is 0 Å². The van der Waals surface area contributed by atoms with Crippen molar-refractivity contribution in [2.45, 2.75) is 71.7 Å². The standard InChI is InChI=1S/C19H28N2O2S.C3H8.C2H6/c1-5-7-8-16(6-2)17-9-11-19(12-10-17)24(22,23)21-14-13-18(15-21)20(3)4;1-3-2;1-2/h5,7-12,18H,6,13-15H2,1-4H3;3H2,1-2H3;1-2H3/b7-5-,16-8+;;. The first-order valence-corrected chi connectivity index (χ1v) is 12.3. The van der Waals surface area contributed by atoms with Crippen LogP contribution in [0.2, 0.25) is 0 Å². The number of benzene rings is 1. The molecule has 5 heteroatoms. The zero-order valence-electron chi connectivity index (χ0n) is 19.8. The Morgan fingerprint density at radius 2 is 1.69 bits per heavy atom. The van der Waals surface area contributed by atoms with Gasteiger partial charge in [0.05, 0.1) is 4.90 Å². The Morgan fingerprint density at radius 3 is 2.10 bits per heavy atom. The molecule has 166 valence electrons. The van der Waals surface area contributed by atoms with E-state index in [2.05, 4.69) is 31.7 Å². The molecule has 0 amide bonds. The predicted molar refractivity (Wildman–Crippen MR) is 128 cm³/mol. The number of nitrogens with zero attached hydrogens (tertiary/aromatic N) is 2. The van der Waals surface area contributed by atoms with Crippen LogP contribution in [-0.2, 0) is 10.0 Å². The van der Waals surface area contributed by atoms with Gasteiger partial charge in [-0.15, -0.1) is 0 Å². The Labute approximate surface area is 180 Å². The summed E-state index contributed by atoms with van der Waals surface area (Å²) >= 11 is 0. The summed E-state index contributed by atoms with van der Waals surface area (Å²) in [6.07, 6.45) is 9.12. The van der Waals surface area contributed by atoms with Gasteiger partial charge < -0.3 is 4.90 Å². The maximum Gasteiger partial charge on any atom is 0.243 e. The number of hydrogen-bond acceptors (Lipinski definition) is 3. The molecule has 1 fully saturated rings. The minimum Gasteiger partial charge on any atom is -0.305 e. The van der Waals surface area contributed by atoms with Gasteiger partial charge in [0, 0.05) is 19.1 Å². The van der Waals surface area contributed by atoms with E-state index in [1.165, 1.54) is 12.0 Å². The third-order valence-electron chi connectivity index (χ3n) is 4.59. The van der Waals surface area contributed by atoms with Crippen molar-refractivity contribution < 1.29 is 8.42 Å². The highest BCUT2D eigenvalue weighted by Crippen LogP contribution is 2.25. The molecule has 0 N–H and O–H groups in total. The topological polar surface area (TPSA) is 40.6 Å². The van der Waals surface area contributed by atoms with Crippen molar-refractivity contribution in [1.82, 2.24) is 9.21 Å². The van der Waals surface area contributed by atoms with Crippen LogP contribution in [-0.4, -0.2) is 50.8 Å². The van der Waals surface area contributed by atoms with Crippen LogP contribution in [0.5, 0.6) is 0 Å². The Morgan fingerprint density at radius 1 is 1.14 bits per heavy atom. The molecule has 0 aromatic heterocycles. The molecule has 0 radical (unpaired) electrons. The molecule has 1 unspecified atom stereocenters. The summed E-state index contributed by atoms with van der Waals surface area (Å²) in [7, 11) is 0.600. The maximum absolute atomic E-state index is 12.8. The molecule has 1 atom stereocenters. The van der Waals surface area contributed by atoms with E-state index in [0.717, 1.165) is 18.4 Å². The zero-order chi connectivity index (χ0) is 22.4. The van der Waals surface area contributed by atoms with Crippen molar-refractivity contribution in [3.05, 3.63) is 48.1 Å². The second-order valence-electron chi connectivity index (χ2n) is 7.07. The third-order valence-corrected chi connectivity index (χ3v) is 6.47. The monoisotopic (exact) mass is 422 g/mol. The number of rotatable bonds is 6. The largest absolute Gasteiger partial charge is 0.305 e. The number of sulfonamides is 1. The lowest BCUT2D eigenvalue weighted by Gasteiger charge is -2.20. The predicted octanol–water partition coefficient (Wildman–Crippen LogP) is 5.82. The maximum atomic E-state index is 12.8. The Balaban J connectivity index is 0.00000143. The van der Waals surface area contributed by atoms with E-state index in [9.17, 15) is 8.42 Å². The molecule has 1 aromatic carbocycles. The van der Waals surface area contributed by atoms with E-state index in [0.29, 0.717) is 24.0 Å². The van der Waals surface area contributed by atoms with Crippen LogP contribution < -0.4 is 0 Å². The number of allylic oxidation sites excluding steroid dienone is 4. The van der Waals surface area contributed by atoms with Crippen LogP contribution in [0.25, 0.3) is 5.57 Å². The van der Waals surface area contributed by atoms with Crippen LogP contribution in [0.1, 0.15) is 66.4 Å². The molecule has 1 aromatic rings.